The Morgan fingerprint density at radius 1 is 1.62 bits per heavy atom. The lowest BCUT2D eigenvalue weighted by Crippen LogP contribution is -2.37. The van der Waals surface area contributed by atoms with E-state index in [0.29, 0.717) is 6.54 Å². The van der Waals surface area contributed by atoms with Gasteiger partial charge < -0.3 is 5.11 Å². The van der Waals surface area contributed by atoms with Crippen molar-refractivity contribution in [2.45, 2.75) is 26.4 Å². The predicted octanol–water partition coefficient (Wildman–Crippen LogP) is 1.29. The third-order valence-corrected chi connectivity index (χ3v) is 1.05. The van der Waals surface area contributed by atoms with E-state index < -0.39 is 5.97 Å². The molecule has 0 saturated heterocycles. The molecule has 76 valence electrons. The summed E-state index contributed by atoms with van der Waals surface area (Å²) in [4.78, 5) is 15.8. The van der Waals surface area contributed by atoms with Crippen LogP contribution in [0.2, 0.25) is 0 Å². The number of rotatable bonds is 5. The van der Waals surface area contributed by atoms with Crippen LogP contribution in [0.4, 0.5) is 0 Å². The van der Waals surface area contributed by atoms with E-state index in [-0.39, 0.29) is 12.1 Å². The molecule has 0 atom stereocenters. The highest BCUT2D eigenvalue weighted by Gasteiger charge is 2.17. The monoisotopic (exact) mass is 187 g/mol. The van der Waals surface area contributed by atoms with Crippen molar-refractivity contribution in [2.24, 2.45) is 0 Å². The Labute approximate surface area is 78.8 Å². The first kappa shape index (κ1) is 12.1. The summed E-state index contributed by atoms with van der Waals surface area (Å²) in [5.74, 6) is -0.911. The van der Waals surface area contributed by atoms with Gasteiger partial charge in [0.15, 0.2) is 0 Å². The Balaban J connectivity index is 4.09. The molecule has 0 bridgehead atoms. The standard InChI is InChI=1S/C9H17NO3/c1-5-6-10(7-8(11)12)13-9(2,3)4/h5H,1,6-7H2,2-4H3,(H,11,12). The van der Waals surface area contributed by atoms with Gasteiger partial charge in [0, 0.05) is 6.54 Å². The highest BCUT2D eigenvalue weighted by Crippen LogP contribution is 2.09. The first-order valence-corrected chi connectivity index (χ1v) is 4.12. The van der Waals surface area contributed by atoms with Gasteiger partial charge in [0.1, 0.15) is 6.54 Å². The maximum atomic E-state index is 10.4. The Morgan fingerprint density at radius 2 is 2.15 bits per heavy atom. The molecule has 1 N–H and O–H groups in total. The van der Waals surface area contributed by atoms with E-state index in [4.69, 9.17) is 9.94 Å². The second kappa shape index (κ2) is 4.99. The van der Waals surface area contributed by atoms with Gasteiger partial charge in [0.2, 0.25) is 0 Å². The molecule has 0 amide bonds. The number of hydrogen-bond acceptors (Lipinski definition) is 3. The maximum Gasteiger partial charge on any atom is 0.320 e. The van der Waals surface area contributed by atoms with Gasteiger partial charge in [-0.05, 0) is 20.8 Å². The molecule has 0 radical (unpaired) electrons. The van der Waals surface area contributed by atoms with Crippen LogP contribution < -0.4 is 0 Å². The van der Waals surface area contributed by atoms with Crippen molar-refractivity contribution in [2.75, 3.05) is 13.1 Å². The summed E-state index contributed by atoms with van der Waals surface area (Å²) < 4.78 is 0. The zero-order valence-corrected chi connectivity index (χ0v) is 8.41. The molecule has 0 aromatic rings. The van der Waals surface area contributed by atoms with Gasteiger partial charge in [-0.15, -0.1) is 6.58 Å². The third kappa shape index (κ3) is 7.49. The van der Waals surface area contributed by atoms with Gasteiger partial charge in [-0.1, -0.05) is 6.08 Å². The number of hydrogen-bond donors (Lipinski definition) is 1. The molecule has 0 saturated carbocycles. The smallest absolute Gasteiger partial charge is 0.320 e. The van der Waals surface area contributed by atoms with Crippen molar-refractivity contribution >= 4 is 5.97 Å². The SMILES string of the molecule is C=CCN(CC(=O)O)OC(C)(C)C. The molecular weight excluding hydrogens is 170 g/mol. The number of hydroxylamine groups is 2. The van der Waals surface area contributed by atoms with Gasteiger partial charge in [0.05, 0.1) is 5.60 Å². The molecule has 0 fully saturated rings. The number of carboxylic acids is 1. The van der Waals surface area contributed by atoms with Crippen LogP contribution in [0.1, 0.15) is 20.8 Å². The molecule has 0 aliphatic rings. The number of nitrogens with zero attached hydrogens (tertiary/aromatic N) is 1. The summed E-state index contributed by atoms with van der Waals surface area (Å²) in [5.41, 5.74) is -0.377. The minimum Gasteiger partial charge on any atom is -0.480 e. The highest BCUT2D eigenvalue weighted by molar-refractivity contribution is 5.68. The lowest BCUT2D eigenvalue weighted by Gasteiger charge is -2.27. The van der Waals surface area contributed by atoms with Gasteiger partial charge >= 0.3 is 5.97 Å². The Kier molecular flexibility index (Phi) is 4.66. The Morgan fingerprint density at radius 3 is 2.46 bits per heavy atom. The van der Waals surface area contributed by atoms with Gasteiger partial charge in [0.25, 0.3) is 0 Å². The molecule has 0 spiro atoms. The molecule has 0 unspecified atom stereocenters. The summed E-state index contributed by atoms with van der Waals surface area (Å²) in [6, 6.07) is 0. The minimum absolute atomic E-state index is 0.136. The molecule has 0 heterocycles. The summed E-state index contributed by atoms with van der Waals surface area (Å²) in [6.07, 6.45) is 1.61. The van der Waals surface area contributed by atoms with E-state index in [1.807, 2.05) is 20.8 Å². The van der Waals surface area contributed by atoms with E-state index in [0.717, 1.165) is 0 Å². The maximum absolute atomic E-state index is 10.4. The first-order chi connectivity index (χ1) is 5.85. The van der Waals surface area contributed by atoms with Crippen LogP contribution in [-0.4, -0.2) is 34.8 Å². The van der Waals surface area contributed by atoms with Crippen molar-refractivity contribution in [1.29, 1.82) is 0 Å². The van der Waals surface area contributed by atoms with Gasteiger partial charge in [-0.2, -0.15) is 5.06 Å². The largest absolute Gasteiger partial charge is 0.480 e. The first-order valence-electron chi connectivity index (χ1n) is 4.12. The van der Waals surface area contributed by atoms with E-state index in [2.05, 4.69) is 6.58 Å². The molecule has 0 aromatic heterocycles. The lowest BCUT2D eigenvalue weighted by atomic mass is 10.2. The van der Waals surface area contributed by atoms with Gasteiger partial charge in [-0.3, -0.25) is 9.63 Å². The normalized spacial score (nSPS) is 11.7. The predicted molar refractivity (Wildman–Crippen MR) is 50.2 cm³/mol. The second-order valence-corrected chi connectivity index (χ2v) is 3.71. The fourth-order valence-corrected chi connectivity index (χ4v) is 0.816. The van der Waals surface area contributed by atoms with E-state index >= 15 is 0 Å². The van der Waals surface area contributed by atoms with E-state index in [9.17, 15) is 4.79 Å². The molecule has 0 aliphatic heterocycles. The van der Waals surface area contributed by atoms with Crippen molar-refractivity contribution in [3.05, 3.63) is 12.7 Å². The lowest BCUT2D eigenvalue weighted by molar-refractivity contribution is -0.225. The van der Waals surface area contributed by atoms with Crippen molar-refractivity contribution < 1.29 is 14.7 Å². The quantitative estimate of drug-likeness (QED) is 0.520. The van der Waals surface area contributed by atoms with Crippen LogP contribution in [0.5, 0.6) is 0 Å². The van der Waals surface area contributed by atoms with Crippen molar-refractivity contribution in [3.63, 3.8) is 0 Å². The Hall–Kier alpha value is -0.870. The second-order valence-electron chi connectivity index (χ2n) is 3.71. The summed E-state index contributed by atoms with van der Waals surface area (Å²) in [6.45, 7) is 9.39. The molecular formula is C9H17NO3. The molecule has 4 heteroatoms. The van der Waals surface area contributed by atoms with Crippen LogP contribution in [0.15, 0.2) is 12.7 Å². The minimum atomic E-state index is -0.911. The molecule has 4 nitrogen and oxygen atoms in total. The van der Waals surface area contributed by atoms with Gasteiger partial charge in [-0.25, -0.2) is 0 Å². The fourth-order valence-electron chi connectivity index (χ4n) is 0.816. The number of carboxylic acid groups (broad SMARTS) is 1. The van der Waals surface area contributed by atoms with Crippen molar-refractivity contribution in [1.82, 2.24) is 5.06 Å². The van der Waals surface area contributed by atoms with Crippen LogP contribution in [0.25, 0.3) is 0 Å². The van der Waals surface area contributed by atoms with E-state index in [1.165, 1.54) is 5.06 Å². The van der Waals surface area contributed by atoms with E-state index in [1.54, 1.807) is 6.08 Å². The number of carbonyl (C=O) groups is 1. The molecule has 0 aliphatic carbocycles. The zero-order chi connectivity index (χ0) is 10.5. The van der Waals surface area contributed by atoms with Crippen LogP contribution in [0, 0.1) is 0 Å². The summed E-state index contributed by atoms with van der Waals surface area (Å²) in [5, 5.41) is 9.92. The van der Waals surface area contributed by atoms with Crippen LogP contribution in [-0.2, 0) is 9.63 Å². The highest BCUT2D eigenvalue weighted by atomic mass is 16.7. The summed E-state index contributed by atoms with van der Waals surface area (Å²) in [7, 11) is 0. The Bertz CT molecular complexity index is 184. The summed E-state index contributed by atoms with van der Waals surface area (Å²) >= 11 is 0. The third-order valence-electron chi connectivity index (χ3n) is 1.05. The molecule has 0 rings (SSSR count). The zero-order valence-electron chi connectivity index (χ0n) is 8.41. The van der Waals surface area contributed by atoms with Crippen LogP contribution in [0.3, 0.4) is 0 Å². The average molecular weight is 187 g/mol. The van der Waals surface area contributed by atoms with Crippen LogP contribution >= 0.6 is 0 Å². The number of aliphatic carboxylic acids is 1. The molecule has 0 aromatic carbocycles. The average Bonchev–Trinajstić information content (AvgIpc) is 1.81. The van der Waals surface area contributed by atoms with Crippen molar-refractivity contribution in [3.8, 4) is 0 Å². The molecule has 13 heavy (non-hydrogen) atoms. The fraction of sp³-hybridized carbons (Fsp3) is 0.667. The topological polar surface area (TPSA) is 49.8 Å².